The number of halogens is 2. The molecule has 0 radical (unpaired) electrons. The minimum absolute atomic E-state index is 0.0600. The van der Waals surface area contributed by atoms with Crippen LogP contribution in [0.4, 0.5) is 8.78 Å². The minimum Gasteiger partial charge on any atom is -0.327 e. The molecule has 1 heterocycles. The molecule has 72 valence electrons. The van der Waals surface area contributed by atoms with Gasteiger partial charge in [-0.15, -0.1) is 0 Å². The first-order chi connectivity index (χ1) is 5.63. The summed E-state index contributed by atoms with van der Waals surface area (Å²) < 4.78 is 24.6. The van der Waals surface area contributed by atoms with Crippen LogP contribution in [0.2, 0.25) is 0 Å². The Morgan fingerprint density at radius 3 is 2.67 bits per heavy atom. The van der Waals surface area contributed by atoms with Gasteiger partial charge in [0.05, 0.1) is 0 Å². The van der Waals surface area contributed by atoms with Gasteiger partial charge < -0.3 is 11.1 Å². The average Bonchev–Trinajstić information content (AvgIpc) is 2.04. The van der Waals surface area contributed by atoms with E-state index in [1.165, 1.54) is 0 Å². The van der Waals surface area contributed by atoms with Crippen molar-refractivity contribution in [3.8, 4) is 0 Å². The summed E-state index contributed by atoms with van der Waals surface area (Å²) in [5.74, 6) is -0.661. The van der Waals surface area contributed by atoms with E-state index < -0.39 is 12.3 Å². The van der Waals surface area contributed by atoms with Crippen molar-refractivity contribution in [3.63, 3.8) is 0 Å². The molecule has 0 aromatic carbocycles. The van der Waals surface area contributed by atoms with Gasteiger partial charge in [-0.2, -0.15) is 0 Å². The molecule has 0 saturated carbocycles. The SMILES string of the molecule is CC(C(F)F)C1CNCCC1N. The Labute approximate surface area is 71.5 Å². The molecule has 0 aromatic heterocycles. The lowest BCUT2D eigenvalue weighted by Crippen LogP contribution is -2.48. The molecule has 3 N–H and O–H groups in total. The van der Waals surface area contributed by atoms with E-state index in [0.29, 0.717) is 6.54 Å². The molecule has 1 rings (SSSR count). The Morgan fingerprint density at radius 2 is 2.17 bits per heavy atom. The van der Waals surface area contributed by atoms with Crippen LogP contribution < -0.4 is 11.1 Å². The number of rotatable bonds is 2. The highest BCUT2D eigenvalue weighted by atomic mass is 19.3. The summed E-state index contributed by atoms with van der Waals surface area (Å²) >= 11 is 0. The van der Waals surface area contributed by atoms with Crippen LogP contribution in [-0.2, 0) is 0 Å². The fourth-order valence-electron chi connectivity index (χ4n) is 1.67. The van der Waals surface area contributed by atoms with Crippen molar-refractivity contribution in [2.45, 2.75) is 25.8 Å². The highest BCUT2D eigenvalue weighted by Gasteiger charge is 2.31. The van der Waals surface area contributed by atoms with E-state index >= 15 is 0 Å². The minimum atomic E-state index is -2.25. The second-order valence-corrected chi connectivity index (χ2v) is 3.51. The third-order valence-corrected chi connectivity index (χ3v) is 2.66. The molecule has 1 aliphatic heterocycles. The van der Waals surface area contributed by atoms with Gasteiger partial charge in [0, 0.05) is 12.0 Å². The number of hydrogen-bond donors (Lipinski definition) is 2. The van der Waals surface area contributed by atoms with Crippen LogP contribution >= 0.6 is 0 Å². The molecule has 1 aliphatic rings. The molecule has 2 nitrogen and oxygen atoms in total. The third-order valence-electron chi connectivity index (χ3n) is 2.66. The van der Waals surface area contributed by atoms with Gasteiger partial charge in [-0.05, 0) is 25.4 Å². The summed E-state index contributed by atoms with van der Waals surface area (Å²) in [5.41, 5.74) is 5.74. The fourth-order valence-corrected chi connectivity index (χ4v) is 1.67. The maximum atomic E-state index is 12.3. The normalized spacial score (nSPS) is 33.8. The first-order valence-electron chi connectivity index (χ1n) is 4.37. The number of hydrogen-bond acceptors (Lipinski definition) is 2. The molecule has 1 saturated heterocycles. The van der Waals surface area contributed by atoms with Crippen LogP contribution in [0.25, 0.3) is 0 Å². The number of nitrogens with two attached hydrogens (primary N) is 1. The Bertz CT molecular complexity index is 141. The maximum absolute atomic E-state index is 12.3. The van der Waals surface area contributed by atoms with E-state index in [2.05, 4.69) is 5.32 Å². The van der Waals surface area contributed by atoms with Crippen LogP contribution in [0.5, 0.6) is 0 Å². The van der Waals surface area contributed by atoms with Crippen LogP contribution in [0.1, 0.15) is 13.3 Å². The molecular weight excluding hydrogens is 162 g/mol. The maximum Gasteiger partial charge on any atom is 0.241 e. The summed E-state index contributed by atoms with van der Waals surface area (Å²) in [6, 6.07) is -0.0600. The number of piperidine rings is 1. The Kier molecular flexibility index (Phi) is 3.40. The van der Waals surface area contributed by atoms with Crippen LogP contribution in [0, 0.1) is 11.8 Å². The van der Waals surface area contributed by atoms with Gasteiger partial charge in [0.2, 0.25) is 6.43 Å². The predicted octanol–water partition coefficient (Wildman–Crippen LogP) is 0.824. The van der Waals surface area contributed by atoms with E-state index in [9.17, 15) is 8.78 Å². The molecule has 0 bridgehead atoms. The van der Waals surface area contributed by atoms with Crippen molar-refractivity contribution in [1.82, 2.24) is 5.32 Å². The zero-order valence-corrected chi connectivity index (χ0v) is 7.26. The second-order valence-electron chi connectivity index (χ2n) is 3.51. The number of alkyl halides is 2. The Hall–Kier alpha value is -0.220. The molecule has 3 unspecified atom stereocenters. The summed E-state index contributed by atoms with van der Waals surface area (Å²) in [7, 11) is 0. The topological polar surface area (TPSA) is 38.0 Å². The van der Waals surface area contributed by atoms with E-state index in [4.69, 9.17) is 5.73 Å². The van der Waals surface area contributed by atoms with Gasteiger partial charge >= 0.3 is 0 Å². The van der Waals surface area contributed by atoms with Crippen LogP contribution in [-0.4, -0.2) is 25.6 Å². The lowest BCUT2D eigenvalue weighted by atomic mass is 9.84. The van der Waals surface area contributed by atoms with Crippen molar-refractivity contribution in [2.75, 3.05) is 13.1 Å². The zero-order valence-electron chi connectivity index (χ0n) is 7.26. The summed E-state index contributed by atoms with van der Waals surface area (Å²) in [5, 5.41) is 3.09. The third kappa shape index (κ3) is 2.14. The average molecular weight is 178 g/mol. The van der Waals surface area contributed by atoms with Crippen molar-refractivity contribution >= 4 is 0 Å². The largest absolute Gasteiger partial charge is 0.327 e. The standard InChI is InChI=1S/C8H16F2N2/c1-5(8(9)10)6-4-12-3-2-7(6)11/h5-8,12H,2-4,11H2,1H3. The zero-order chi connectivity index (χ0) is 9.14. The highest BCUT2D eigenvalue weighted by molar-refractivity contribution is 4.84. The summed E-state index contributed by atoms with van der Waals surface area (Å²) in [4.78, 5) is 0. The van der Waals surface area contributed by atoms with Gasteiger partial charge in [-0.25, -0.2) is 8.78 Å². The monoisotopic (exact) mass is 178 g/mol. The first-order valence-corrected chi connectivity index (χ1v) is 4.37. The number of nitrogens with one attached hydrogen (secondary N) is 1. The lowest BCUT2D eigenvalue weighted by molar-refractivity contribution is 0.0396. The molecule has 3 atom stereocenters. The van der Waals surface area contributed by atoms with Gasteiger partial charge in [0.25, 0.3) is 0 Å². The Balaban J connectivity index is 2.47. The molecule has 12 heavy (non-hydrogen) atoms. The predicted molar refractivity (Wildman–Crippen MR) is 44.1 cm³/mol. The van der Waals surface area contributed by atoms with Crippen LogP contribution in [0.15, 0.2) is 0 Å². The van der Waals surface area contributed by atoms with Crippen molar-refractivity contribution < 1.29 is 8.78 Å². The van der Waals surface area contributed by atoms with Gasteiger partial charge in [-0.3, -0.25) is 0 Å². The van der Waals surface area contributed by atoms with E-state index in [0.717, 1.165) is 13.0 Å². The van der Waals surface area contributed by atoms with Crippen molar-refractivity contribution in [3.05, 3.63) is 0 Å². The first kappa shape index (κ1) is 9.86. The van der Waals surface area contributed by atoms with E-state index in [1.54, 1.807) is 6.92 Å². The van der Waals surface area contributed by atoms with Gasteiger partial charge in [0.1, 0.15) is 0 Å². The lowest BCUT2D eigenvalue weighted by Gasteiger charge is -2.33. The molecule has 0 spiro atoms. The fraction of sp³-hybridized carbons (Fsp3) is 1.00. The quantitative estimate of drug-likeness (QED) is 0.657. The molecule has 4 heteroatoms. The Morgan fingerprint density at radius 1 is 1.50 bits per heavy atom. The molecular formula is C8H16F2N2. The van der Waals surface area contributed by atoms with Crippen molar-refractivity contribution in [2.24, 2.45) is 17.6 Å². The van der Waals surface area contributed by atoms with E-state index in [1.807, 2.05) is 0 Å². The second kappa shape index (κ2) is 4.14. The van der Waals surface area contributed by atoms with Crippen LogP contribution in [0.3, 0.4) is 0 Å². The summed E-state index contributed by atoms with van der Waals surface area (Å²) in [6.07, 6.45) is -1.44. The van der Waals surface area contributed by atoms with Gasteiger partial charge in [0.15, 0.2) is 0 Å². The molecule has 1 fully saturated rings. The molecule has 0 amide bonds. The van der Waals surface area contributed by atoms with Gasteiger partial charge in [-0.1, -0.05) is 6.92 Å². The van der Waals surface area contributed by atoms with E-state index in [-0.39, 0.29) is 12.0 Å². The molecule has 0 aliphatic carbocycles. The van der Waals surface area contributed by atoms with Crippen molar-refractivity contribution in [1.29, 1.82) is 0 Å². The molecule has 0 aromatic rings. The smallest absolute Gasteiger partial charge is 0.241 e. The highest BCUT2D eigenvalue weighted by Crippen LogP contribution is 2.24. The summed E-state index contributed by atoms with van der Waals surface area (Å²) in [6.45, 7) is 3.06.